The molecule has 29 nitrogen and oxygen atoms in total. The molecule has 0 spiro atoms. The highest BCUT2D eigenvalue weighted by molar-refractivity contribution is 9.09. The van der Waals surface area contributed by atoms with Crippen LogP contribution < -0.4 is 25.3 Å². The Hall–Kier alpha value is -10.2. The first-order valence-electron chi connectivity index (χ1n) is 42.0. The molecular weight excluding hydrogens is 1740 g/mol. The zero-order valence-electron chi connectivity index (χ0n) is 76.0. The fourth-order valence-corrected chi connectivity index (χ4v) is 11.4. The first-order chi connectivity index (χ1) is 60.1. The van der Waals surface area contributed by atoms with Crippen molar-refractivity contribution in [2.24, 2.45) is 35.3 Å². The number of allylic oxidation sites excluding steroid dienone is 6. The van der Waals surface area contributed by atoms with Gasteiger partial charge in [-0.25, -0.2) is 13.2 Å². The molecule has 1 heterocycles. The zero-order chi connectivity index (χ0) is 96.3. The highest BCUT2D eigenvalue weighted by atomic mass is 79.9. The number of nitrogens with two attached hydrogens (primary N) is 1. The number of hydrogen-bond donors (Lipinski definition) is 6. The number of benzene rings is 3. The summed E-state index contributed by atoms with van der Waals surface area (Å²) in [4.78, 5) is 138. The summed E-state index contributed by atoms with van der Waals surface area (Å²) < 4.78 is 89.8. The number of halogens is 4. The van der Waals surface area contributed by atoms with E-state index in [0.717, 1.165) is 63.1 Å². The van der Waals surface area contributed by atoms with Gasteiger partial charge in [0.1, 0.15) is 12.2 Å². The molecule has 1 aliphatic heterocycles. The summed E-state index contributed by atoms with van der Waals surface area (Å²) in [5, 5.41) is 39.2. The van der Waals surface area contributed by atoms with Gasteiger partial charge < -0.3 is 83.7 Å². The van der Waals surface area contributed by atoms with E-state index in [1.165, 1.54) is 71.1 Å². The Morgan fingerprint density at radius 1 is 0.488 bits per heavy atom. The van der Waals surface area contributed by atoms with Crippen molar-refractivity contribution in [3.8, 4) is 17.2 Å². The number of aliphatic hydroxyl groups excluding tert-OH is 2. The van der Waals surface area contributed by atoms with Crippen molar-refractivity contribution in [3.63, 3.8) is 0 Å². The zero-order valence-corrected chi connectivity index (χ0v) is 78.5. The highest BCUT2D eigenvalue weighted by Gasteiger charge is 2.42. The van der Waals surface area contributed by atoms with E-state index in [1.807, 2.05) is 12.2 Å². The van der Waals surface area contributed by atoms with Crippen molar-refractivity contribution in [1.82, 2.24) is 10.2 Å². The molecule has 0 saturated carbocycles. The summed E-state index contributed by atoms with van der Waals surface area (Å²) in [6.45, 7) is 36.6. The molecule has 0 bridgehead atoms. The molecule has 2 amide bonds. The Morgan fingerprint density at radius 2 is 0.843 bits per heavy atom. The molecule has 7 N–H and O–H groups in total. The Balaban J connectivity index is -0.000000463. The number of alkyl halides is 1. The Kier molecular flexibility index (Phi) is 79.4. The van der Waals surface area contributed by atoms with Crippen LogP contribution in [0, 0.1) is 47.0 Å². The first-order valence-corrected chi connectivity index (χ1v) is 43.1. The number of β-lactam (4-membered cyclic amide) rings is 1. The lowest BCUT2D eigenvalue weighted by atomic mass is 9.88. The van der Waals surface area contributed by atoms with Crippen molar-refractivity contribution >= 4 is 101 Å². The summed E-state index contributed by atoms with van der Waals surface area (Å²) in [7, 11) is 4.13. The van der Waals surface area contributed by atoms with E-state index >= 15 is 0 Å². The minimum absolute atomic E-state index is 0. The van der Waals surface area contributed by atoms with E-state index in [0.29, 0.717) is 81.4 Å². The molecule has 34 heteroatoms. The quantitative estimate of drug-likeness (QED) is 0.00581. The van der Waals surface area contributed by atoms with Crippen LogP contribution >= 0.6 is 29.4 Å². The number of carbonyl (C=O) groups is 12. The van der Waals surface area contributed by atoms with Crippen molar-refractivity contribution in [3.05, 3.63) is 165 Å². The largest absolute Gasteiger partial charge is 0.494 e. The number of carboxylic acid groups (broad SMARTS) is 2. The van der Waals surface area contributed by atoms with Gasteiger partial charge in [-0.2, -0.15) is 13.5 Å². The topological polar surface area (TPSA) is 419 Å². The monoisotopic (exact) mass is 1880 g/mol. The Labute approximate surface area is 763 Å². The second-order valence-electron chi connectivity index (χ2n) is 27.3. The Bertz CT molecular complexity index is 3700. The molecule has 1 saturated heterocycles. The number of carbonyl (C=O) groups excluding carboxylic acids is 10. The standard InChI is InChI=1S/C20H28FNO5.C20H26FNO4.C12H16FNO3.C12H20O4.C10H16O4.C8H14O3.C6H10O3.C5H9Br.H2S/c1-4-6-7-8-15(13-23)20(25)22-17(12-19(24)27-5-2)14-9-10-18(26-3)16(21)11-14;1-4-6-7-8-15-13-22(20(15)24)17(12-19(23)26-5-2)14-9-10-18(25-3)16(21)11-14;1-3-17-12(15)7-10(14)8-4-5-11(16-2)9(13)6-8;1-4-7-8-9-10(11(13)15-5-2)12(14)16-6-3;1-3-5-6-7-8(9(11)12)10(13)14-4-2;1-2-3-4-5-7(6-9)8(10)11;1-3-9-6(8)4-5(2)7;1-2-3-4-5-6;/h4,9-11,15,17,23H,1,5-8,12-13H2,2-3H3,(H,22,25);4,9-11,15,17H,1,5-8,12-13H2,2-3H3;4-6,10H,3,7,14H2,1-2H3;4,10H,1,5-9H2,2-3H3;3,8H,1,4-7H2,2H3,(H,11,12);2,7,9H,1,3-6H2,(H,10,11);3-4H2,1-2H3;2H,1,3-5H2;1H2/t2*15?,17-;10-;;;;;;/m000....../s1. The number of ether oxygens (including phenoxy) is 10. The molecule has 3 aromatic rings. The number of Topliss-reactive ketones (excluding diaryl/α,β-unsaturated/α-hetero) is 1. The summed E-state index contributed by atoms with van der Waals surface area (Å²) in [5.41, 5.74) is 7.30. The van der Waals surface area contributed by atoms with Crippen LogP contribution in [0.1, 0.15) is 225 Å². The predicted octanol–water partition coefficient (Wildman–Crippen LogP) is 16.1. The van der Waals surface area contributed by atoms with Crippen LogP contribution in [0.4, 0.5) is 13.2 Å². The van der Waals surface area contributed by atoms with Gasteiger partial charge in [-0.15, -0.1) is 39.5 Å². The number of esters is 7. The van der Waals surface area contributed by atoms with E-state index in [2.05, 4.69) is 70.2 Å². The number of methoxy groups -OCH3 is 3. The summed E-state index contributed by atoms with van der Waals surface area (Å²) in [6, 6.07) is 11.2. The van der Waals surface area contributed by atoms with E-state index in [-0.39, 0.29) is 120 Å². The number of amides is 2. The molecule has 3 aromatic carbocycles. The number of hydrogen-bond acceptors (Lipinski definition) is 25. The number of carboxylic acids is 2. The minimum atomic E-state index is -1.12. The maximum atomic E-state index is 14.1. The summed E-state index contributed by atoms with van der Waals surface area (Å²) in [6.07, 6.45) is 23.1. The van der Waals surface area contributed by atoms with Crippen LogP contribution in [-0.2, 0) is 90.7 Å². The number of nitrogens with zero attached hydrogens (tertiary/aromatic N) is 1. The maximum absolute atomic E-state index is 14.1. The van der Waals surface area contributed by atoms with Crippen LogP contribution in [-0.4, -0.2) is 189 Å². The third-order valence-corrected chi connectivity index (χ3v) is 18.2. The normalized spacial score (nSPS) is 12.5. The van der Waals surface area contributed by atoms with Crippen LogP contribution in [0.15, 0.2) is 131 Å². The number of unbranched alkanes of at least 4 members (excludes halogenated alkanes) is 6. The van der Waals surface area contributed by atoms with Crippen molar-refractivity contribution in [1.29, 1.82) is 0 Å². The van der Waals surface area contributed by atoms with Crippen molar-refractivity contribution < 1.29 is 139 Å². The Morgan fingerprint density at radius 3 is 1.21 bits per heavy atom. The second-order valence-corrected chi connectivity index (χ2v) is 28.1. The van der Waals surface area contributed by atoms with E-state index in [4.69, 9.17) is 58.9 Å². The average molecular weight is 1890 g/mol. The predicted molar refractivity (Wildman–Crippen MR) is 487 cm³/mol. The third kappa shape index (κ3) is 58.8. The number of aliphatic carboxylic acids is 2. The molecule has 7 atom stereocenters. The molecule has 0 radical (unpaired) electrons. The smallest absolute Gasteiger partial charge is 0.320 e. The maximum Gasteiger partial charge on any atom is 0.320 e. The van der Waals surface area contributed by atoms with E-state index in [1.54, 1.807) is 95.9 Å². The fraction of sp³-hybridized carbons (Fsp3) is 0.548. The number of aliphatic hydroxyl groups is 2. The molecule has 1 aliphatic rings. The van der Waals surface area contributed by atoms with Crippen LogP contribution in [0.2, 0.25) is 0 Å². The molecule has 718 valence electrons. The SMILES string of the molecule is C=CCCCBr.C=CCCCC(C(=O)O)C(=O)OCC.C=CCCCC(C(=O)OCC)C(=O)OCC.C=CCCCC(CO)C(=O)N[C@@H](CC(=O)OCC)c1ccc(OC)c(F)c1.C=CCCCC(CO)C(=O)O.C=CCCCC1CN([C@@H](CC(=O)OCC)c2ccc(OC)c(F)c2)C1=O.CCOC(=O)CC(C)=O.CCOC(=O)C[C@H](N)c1ccc(OC)c(F)c1.S. The van der Waals surface area contributed by atoms with Gasteiger partial charge >= 0.3 is 53.7 Å². The van der Waals surface area contributed by atoms with Crippen molar-refractivity contribution in [2.75, 3.05) is 92.7 Å². The second kappa shape index (κ2) is 80.4. The number of ketones is 1. The van der Waals surface area contributed by atoms with E-state index < -0.39 is 119 Å². The average Bonchev–Trinajstić information content (AvgIpc) is 0.776. The van der Waals surface area contributed by atoms with Gasteiger partial charge in [0.2, 0.25) is 11.8 Å². The van der Waals surface area contributed by atoms with Gasteiger partial charge in [0.15, 0.2) is 46.5 Å². The fourth-order valence-electron chi connectivity index (χ4n) is 11.1. The van der Waals surface area contributed by atoms with Gasteiger partial charge in [-0.1, -0.05) is 70.6 Å². The third-order valence-electron chi connectivity index (χ3n) is 17.6. The van der Waals surface area contributed by atoms with Crippen LogP contribution in [0.25, 0.3) is 0 Å². The lowest BCUT2D eigenvalue weighted by molar-refractivity contribution is -0.163. The van der Waals surface area contributed by atoms with E-state index in [9.17, 15) is 75.8 Å². The first kappa shape index (κ1) is 125. The molecular formula is C93H141BrF3N3O26S. The molecule has 127 heavy (non-hydrogen) atoms. The van der Waals surface area contributed by atoms with Gasteiger partial charge in [-0.3, -0.25) is 57.5 Å². The summed E-state index contributed by atoms with van der Waals surface area (Å²) in [5.74, 6) is -10.3. The van der Waals surface area contributed by atoms with Gasteiger partial charge in [0, 0.05) is 17.9 Å². The van der Waals surface area contributed by atoms with Crippen LogP contribution in [0.3, 0.4) is 0 Å². The van der Waals surface area contributed by atoms with Crippen molar-refractivity contribution in [2.45, 2.75) is 208 Å². The highest BCUT2D eigenvalue weighted by Crippen LogP contribution is 2.37. The van der Waals surface area contributed by atoms with Crippen LogP contribution in [0.5, 0.6) is 17.2 Å². The lowest BCUT2D eigenvalue weighted by Gasteiger charge is -2.44. The molecule has 4 rings (SSSR count). The minimum Gasteiger partial charge on any atom is -0.494 e. The number of nitrogens with one attached hydrogen (secondary N) is 1. The number of likely N-dealkylation sites (tertiary alicyclic amines) is 1. The molecule has 0 aromatic heterocycles. The lowest BCUT2D eigenvalue weighted by Crippen LogP contribution is -2.54. The number of rotatable bonds is 54. The summed E-state index contributed by atoms with van der Waals surface area (Å²) >= 11 is 3.30. The molecule has 4 unspecified atom stereocenters. The van der Waals surface area contributed by atoms with Gasteiger partial charge in [0.25, 0.3) is 0 Å². The van der Waals surface area contributed by atoms with Gasteiger partial charge in [-0.05, 0) is 218 Å². The molecule has 1 fully saturated rings. The van der Waals surface area contributed by atoms with Gasteiger partial charge in [0.05, 0.1) is 130 Å². The molecule has 0 aliphatic carbocycles.